The Morgan fingerprint density at radius 2 is 2.11 bits per heavy atom. The lowest BCUT2D eigenvalue weighted by Gasteiger charge is -2.23. The van der Waals surface area contributed by atoms with Gasteiger partial charge in [0, 0.05) is 27.2 Å². The van der Waals surface area contributed by atoms with Crippen molar-refractivity contribution in [2.45, 2.75) is 12.8 Å². The van der Waals surface area contributed by atoms with Gasteiger partial charge < -0.3 is 15.1 Å². The van der Waals surface area contributed by atoms with Gasteiger partial charge in [0.2, 0.25) is 0 Å². The summed E-state index contributed by atoms with van der Waals surface area (Å²) < 4.78 is 0.927. The molecule has 1 aliphatic heterocycles. The van der Waals surface area contributed by atoms with Crippen molar-refractivity contribution in [2.75, 3.05) is 50.5 Å². The van der Waals surface area contributed by atoms with Crippen molar-refractivity contribution in [3.8, 4) is 0 Å². The van der Waals surface area contributed by atoms with E-state index in [9.17, 15) is 0 Å². The van der Waals surface area contributed by atoms with Gasteiger partial charge in [-0.2, -0.15) is 0 Å². The summed E-state index contributed by atoms with van der Waals surface area (Å²) in [6.45, 7) is 4.56. The van der Waals surface area contributed by atoms with Crippen LogP contribution in [0, 0.1) is 0 Å². The van der Waals surface area contributed by atoms with Gasteiger partial charge in [0.25, 0.3) is 0 Å². The number of halogens is 1. The summed E-state index contributed by atoms with van der Waals surface area (Å²) in [5.41, 5.74) is 0. The minimum Gasteiger partial charge on any atom is -0.372 e. The van der Waals surface area contributed by atoms with Crippen LogP contribution in [-0.4, -0.2) is 55.1 Å². The third-order valence-electron chi connectivity index (χ3n) is 3.32. The summed E-state index contributed by atoms with van der Waals surface area (Å²) >= 11 is 3.55. The molecule has 2 rings (SSSR count). The molecule has 0 aliphatic carbocycles. The zero-order valence-corrected chi connectivity index (χ0v) is 12.6. The van der Waals surface area contributed by atoms with Gasteiger partial charge in [-0.15, -0.1) is 0 Å². The Labute approximate surface area is 117 Å². The minimum absolute atomic E-state index is 0.827. The van der Waals surface area contributed by atoms with Crippen molar-refractivity contribution in [1.29, 1.82) is 0 Å². The Balaban J connectivity index is 1.97. The molecule has 0 radical (unpaired) electrons. The van der Waals surface area contributed by atoms with Crippen LogP contribution in [0.25, 0.3) is 0 Å². The normalized spacial score (nSPS) is 15.9. The van der Waals surface area contributed by atoms with E-state index in [1.807, 2.05) is 7.05 Å². The number of aromatic nitrogens is 2. The molecule has 6 heteroatoms. The molecule has 1 fully saturated rings. The predicted octanol–water partition coefficient (Wildman–Crippen LogP) is 1.81. The number of rotatable bonds is 5. The maximum absolute atomic E-state index is 4.34. The van der Waals surface area contributed by atoms with Gasteiger partial charge >= 0.3 is 0 Å². The fraction of sp³-hybridized carbons (Fsp3) is 0.667. The quantitative estimate of drug-likeness (QED) is 0.898. The summed E-state index contributed by atoms with van der Waals surface area (Å²) in [5.74, 6) is 1.77. The van der Waals surface area contributed by atoms with Crippen molar-refractivity contribution < 1.29 is 0 Å². The lowest BCUT2D eigenvalue weighted by molar-refractivity contribution is 0.346. The third-order valence-corrected chi connectivity index (χ3v) is 4.05. The van der Waals surface area contributed by atoms with Crippen molar-refractivity contribution in [3.05, 3.63) is 10.8 Å². The van der Waals surface area contributed by atoms with Crippen LogP contribution in [0.1, 0.15) is 12.8 Å². The largest absolute Gasteiger partial charge is 0.372 e. The molecule has 0 unspecified atom stereocenters. The van der Waals surface area contributed by atoms with Crippen molar-refractivity contribution in [3.63, 3.8) is 0 Å². The van der Waals surface area contributed by atoms with E-state index in [1.54, 1.807) is 6.33 Å². The van der Waals surface area contributed by atoms with E-state index in [-0.39, 0.29) is 0 Å². The van der Waals surface area contributed by atoms with Gasteiger partial charge in [-0.3, -0.25) is 0 Å². The molecule has 0 atom stereocenters. The Hall–Kier alpha value is -0.880. The first-order valence-corrected chi connectivity index (χ1v) is 7.13. The second-order valence-electron chi connectivity index (χ2n) is 4.58. The Bertz CT molecular complexity index is 392. The molecule has 1 N–H and O–H groups in total. The topological polar surface area (TPSA) is 44.3 Å². The standard InChI is InChI=1S/C12H20BrN5/c1-14-11-10(13)12(16-9-15-11)17(2)7-8-18-5-3-4-6-18/h9H,3-8H2,1-2H3,(H,14,15,16). The molecule has 0 saturated carbocycles. The summed E-state index contributed by atoms with van der Waals surface area (Å²) in [7, 11) is 3.93. The van der Waals surface area contributed by atoms with Crippen LogP contribution in [0.2, 0.25) is 0 Å². The summed E-state index contributed by atoms with van der Waals surface area (Å²) in [6.07, 6.45) is 4.27. The van der Waals surface area contributed by atoms with Gasteiger partial charge in [-0.1, -0.05) is 0 Å². The van der Waals surface area contributed by atoms with Crippen molar-refractivity contribution in [2.24, 2.45) is 0 Å². The van der Waals surface area contributed by atoms with Crippen LogP contribution in [0.4, 0.5) is 11.6 Å². The zero-order valence-electron chi connectivity index (χ0n) is 11.0. The smallest absolute Gasteiger partial charge is 0.148 e. The molecule has 1 aromatic rings. The molecule has 1 aliphatic rings. The summed E-state index contributed by atoms with van der Waals surface area (Å²) in [4.78, 5) is 13.2. The van der Waals surface area contributed by atoms with E-state index in [1.165, 1.54) is 25.9 Å². The van der Waals surface area contributed by atoms with E-state index in [0.717, 1.165) is 29.2 Å². The van der Waals surface area contributed by atoms with E-state index in [4.69, 9.17) is 0 Å². The number of hydrogen-bond donors (Lipinski definition) is 1. The number of hydrogen-bond acceptors (Lipinski definition) is 5. The van der Waals surface area contributed by atoms with Gasteiger partial charge in [0.05, 0.1) is 0 Å². The van der Waals surface area contributed by atoms with Crippen molar-refractivity contribution >= 4 is 27.6 Å². The molecule has 1 saturated heterocycles. The van der Waals surface area contributed by atoms with Crippen LogP contribution in [0.3, 0.4) is 0 Å². The van der Waals surface area contributed by atoms with Gasteiger partial charge in [0.1, 0.15) is 22.4 Å². The summed E-state index contributed by atoms with van der Waals surface area (Å²) in [5, 5.41) is 3.05. The number of likely N-dealkylation sites (N-methyl/N-ethyl adjacent to an activating group) is 1. The minimum atomic E-state index is 0.827. The lowest BCUT2D eigenvalue weighted by Crippen LogP contribution is -2.32. The molecule has 100 valence electrons. The highest BCUT2D eigenvalue weighted by Gasteiger charge is 2.15. The molecule has 18 heavy (non-hydrogen) atoms. The molecular weight excluding hydrogens is 294 g/mol. The Kier molecular flexibility index (Phi) is 4.77. The Morgan fingerprint density at radius 3 is 2.78 bits per heavy atom. The van der Waals surface area contributed by atoms with Gasteiger partial charge in [-0.05, 0) is 41.9 Å². The van der Waals surface area contributed by atoms with Gasteiger partial charge in [0.15, 0.2) is 0 Å². The lowest BCUT2D eigenvalue weighted by atomic mass is 10.4. The third kappa shape index (κ3) is 3.11. The summed E-state index contributed by atoms with van der Waals surface area (Å²) in [6, 6.07) is 0. The maximum Gasteiger partial charge on any atom is 0.148 e. The zero-order chi connectivity index (χ0) is 13.0. The van der Waals surface area contributed by atoms with Crippen LogP contribution >= 0.6 is 15.9 Å². The van der Waals surface area contributed by atoms with E-state index >= 15 is 0 Å². The second kappa shape index (κ2) is 6.33. The fourth-order valence-corrected chi connectivity index (χ4v) is 2.91. The van der Waals surface area contributed by atoms with Crippen molar-refractivity contribution in [1.82, 2.24) is 14.9 Å². The second-order valence-corrected chi connectivity index (χ2v) is 5.37. The first kappa shape index (κ1) is 13.5. The SMILES string of the molecule is CNc1ncnc(N(C)CCN2CCCC2)c1Br. The predicted molar refractivity (Wildman–Crippen MR) is 78.2 cm³/mol. The number of nitrogens with zero attached hydrogens (tertiary/aromatic N) is 4. The van der Waals surface area contributed by atoms with Crippen LogP contribution in [-0.2, 0) is 0 Å². The average Bonchev–Trinajstić information content (AvgIpc) is 2.89. The van der Waals surface area contributed by atoms with Gasteiger partial charge in [-0.25, -0.2) is 9.97 Å². The van der Waals surface area contributed by atoms with E-state index < -0.39 is 0 Å². The first-order chi connectivity index (χ1) is 8.72. The Morgan fingerprint density at radius 1 is 1.39 bits per heavy atom. The van der Waals surface area contributed by atoms with Crippen LogP contribution < -0.4 is 10.2 Å². The number of nitrogens with one attached hydrogen (secondary N) is 1. The number of likely N-dealkylation sites (tertiary alicyclic amines) is 1. The molecule has 0 spiro atoms. The molecule has 0 aromatic carbocycles. The highest BCUT2D eigenvalue weighted by molar-refractivity contribution is 9.10. The van der Waals surface area contributed by atoms with Crippen LogP contribution in [0.15, 0.2) is 10.8 Å². The molecular formula is C12H20BrN5. The molecule has 2 heterocycles. The number of anilines is 2. The monoisotopic (exact) mass is 313 g/mol. The van der Waals surface area contributed by atoms with E-state index in [2.05, 4.69) is 48.1 Å². The molecule has 0 amide bonds. The molecule has 0 bridgehead atoms. The van der Waals surface area contributed by atoms with E-state index in [0.29, 0.717) is 0 Å². The average molecular weight is 314 g/mol. The molecule has 1 aromatic heterocycles. The first-order valence-electron chi connectivity index (χ1n) is 6.34. The molecule has 5 nitrogen and oxygen atoms in total. The van der Waals surface area contributed by atoms with Crippen LogP contribution in [0.5, 0.6) is 0 Å². The maximum atomic E-state index is 4.34. The highest BCUT2D eigenvalue weighted by Crippen LogP contribution is 2.28. The fourth-order valence-electron chi connectivity index (χ4n) is 2.20. The highest BCUT2D eigenvalue weighted by atomic mass is 79.9.